The maximum absolute atomic E-state index is 4.32. The average Bonchev–Trinajstić information content (AvgIpc) is 2.31. The van der Waals surface area contributed by atoms with Crippen LogP contribution in [0.1, 0.15) is 25.2 Å². The summed E-state index contributed by atoms with van der Waals surface area (Å²) in [6.07, 6.45) is 3.57. The molecule has 0 atom stereocenters. The quantitative estimate of drug-likeness (QED) is 0.741. The molecule has 0 aliphatic rings. The minimum Gasteiger partial charge on any atom is -0.240 e. The second-order valence-electron chi connectivity index (χ2n) is 4.06. The Kier molecular flexibility index (Phi) is 2.50. The lowest BCUT2D eigenvalue weighted by atomic mass is 9.84. The zero-order valence-corrected chi connectivity index (χ0v) is 9.01. The molecule has 2 aromatic rings. The van der Waals surface area contributed by atoms with Gasteiger partial charge in [0.15, 0.2) is 0 Å². The summed E-state index contributed by atoms with van der Waals surface area (Å²) < 4.78 is 0. The van der Waals surface area contributed by atoms with E-state index in [9.17, 15) is 0 Å². The highest BCUT2D eigenvalue weighted by atomic mass is 14.9. The summed E-state index contributed by atoms with van der Waals surface area (Å²) in [5.41, 5.74) is 1.10. The highest BCUT2D eigenvalue weighted by molar-refractivity contribution is 5.30. The van der Waals surface area contributed by atoms with Crippen molar-refractivity contribution in [1.82, 2.24) is 9.97 Å². The molecule has 0 fully saturated rings. The number of nitrogens with zero attached hydrogens (tertiary/aromatic N) is 2. The molecule has 0 aliphatic carbocycles. The molecule has 2 rings (SSSR count). The van der Waals surface area contributed by atoms with Gasteiger partial charge in [0.05, 0.1) is 0 Å². The molecule has 2 nitrogen and oxygen atoms in total. The van der Waals surface area contributed by atoms with Crippen LogP contribution in [0.3, 0.4) is 0 Å². The number of aromatic nitrogens is 2. The molecular weight excluding hydrogens is 184 g/mol. The average molecular weight is 198 g/mol. The Hall–Kier alpha value is -1.70. The molecule has 1 aromatic carbocycles. The highest BCUT2D eigenvalue weighted by Gasteiger charge is 2.25. The summed E-state index contributed by atoms with van der Waals surface area (Å²) in [6, 6.07) is 12.2. The fraction of sp³-hybridized carbons (Fsp3) is 0.231. The third-order valence-corrected chi connectivity index (χ3v) is 2.62. The van der Waals surface area contributed by atoms with Crippen LogP contribution in [-0.4, -0.2) is 9.97 Å². The van der Waals surface area contributed by atoms with E-state index in [0.717, 1.165) is 5.82 Å². The van der Waals surface area contributed by atoms with E-state index >= 15 is 0 Å². The van der Waals surface area contributed by atoms with Gasteiger partial charge in [0, 0.05) is 17.8 Å². The lowest BCUT2D eigenvalue weighted by molar-refractivity contribution is 0.590. The van der Waals surface area contributed by atoms with Crippen molar-refractivity contribution in [3.8, 4) is 0 Å². The van der Waals surface area contributed by atoms with Crippen LogP contribution in [0.4, 0.5) is 0 Å². The van der Waals surface area contributed by atoms with Crippen LogP contribution < -0.4 is 0 Å². The smallest absolute Gasteiger partial charge is 0.138 e. The minimum atomic E-state index is -0.136. The van der Waals surface area contributed by atoms with Gasteiger partial charge in [0.1, 0.15) is 5.82 Å². The molecule has 1 heterocycles. The van der Waals surface area contributed by atoms with Crippen molar-refractivity contribution >= 4 is 0 Å². The maximum atomic E-state index is 4.32. The Morgan fingerprint density at radius 3 is 2.07 bits per heavy atom. The Balaban J connectivity index is 2.44. The molecule has 1 aromatic heterocycles. The van der Waals surface area contributed by atoms with Crippen molar-refractivity contribution in [2.24, 2.45) is 0 Å². The molecular formula is C13H14N2. The van der Waals surface area contributed by atoms with E-state index in [4.69, 9.17) is 0 Å². The fourth-order valence-corrected chi connectivity index (χ4v) is 1.61. The summed E-state index contributed by atoms with van der Waals surface area (Å²) in [4.78, 5) is 8.63. The van der Waals surface area contributed by atoms with Gasteiger partial charge in [0.2, 0.25) is 0 Å². The summed E-state index contributed by atoms with van der Waals surface area (Å²) in [5, 5.41) is 0. The third kappa shape index (κ3) is 1.89. The van der Waals surface area contributed by atoms with Crippen molar-refractivity contribution < 1.29 is 0 Å². The molecule has 0 radical (unpaired) electrons. The van der Waals surface area contributed by atoms with Crippen LogP contribution in [0.5, 0.6) is 0 Å². The summed E-state index contributed by atoms with van der Waals surface area (Å²) in [5.74, 6) is 0.858. The Labute approximate surface area is 90.0 Å². The number of hydrogen-bond donors (Lipinski definition) is 0. The Morgan fingerprint density at radius 2 is 1.47 bits per heavy atom. The van der Waals surface area contributed by atoms with Gasteiger partial charge in [-0.05, 0) is 25.5 Å². The molecule has 76 valence electrons. The molecule has 0 saturated carbocycles. The van der Waals surface area contributed by atoms with Crippen molar-refractivity contribution in [2.45, 2.75) is 19.3 Å². The molecule has 0 N–H and O–H groups in total. The molecule has 0 unspecified atom stereocenters. The topological polar surface area (TPSA) is 25.8 Å². The maximum Gasteiger partial charge on any atom is 0.138 e. The first-order valence-corrected chi connectivity index (χ1v) is 5.04. The molecule has 0 saturated heterocycles. The van der Waals surface area contributed by atoms with Crippen molar-refractivity contribution in [3.05, 3.63) is 60.2 Å². The standard InChI is InChI=1S/C13H14N2/c1-13(2,11-7-4-3-5-8-11)12-14-9-6-10-15-12/h3-10H,1-2H3. The van der Waals surface area contributed by atoms with Crippen LogP contribution in [-0.2, 0) is 5.41 Å². The van der Waals surface area contributed by atoms with Gasteiger partial charge >= 0.3 is 0 Å². The largest absolute Gasteiger partial charge is 0.240 e. The zero-order valence-electron chi connectivity index (χ0n) is 9.01. The van der Waals surface area contributed by atoms with Crippen LogP contribution >= 0.6 is 0 Å². The normalized spacial score (nSPS) is 11.3. The number of hydrogen-bond acceptors (Lipinski definition) is 2. The first-order valence-electron chi connectivity index (χ1n) is 5.04. The second-order valence-corrected chi connectivity index (χ2v) is 4.06. The van der Waals surface area contributed by atoms with E-state index < -0.39 is 0 Å². The molecule has 0 spiro atoms. The monoisotopic (exact) mass is 198 g/mol. The van der Waals surface area contributed by atoms with E-state index in [2.05, 4.69) is 35.9 Å². The lowest BCUT2D eigenvalue weighted by Gasteiger charge is -2.23. The Bertz CT molecular complexity index is 379. The summed E-state index contributed by atoms with van der Waals surface area (Å²) >= 11 is 0. The lowest BCUT2D eigenvalue weighted by Crippen LogP contribution is -2.21. The van der Waals surface area contributed by atoms with E-state index in [1.807, 2.05) is 24.3 Å². The summed E-state index contributed by atoms with van der Waals surface area (Å²) in [7, 11) is 0. The van der Waals surface area contributed by atoms with Gasteiger partial charge in [-0.3, -0.25) is 0 Å². The van der Waals surface area contributed by atoms with Crippen molar-refractivity contribution in [2.75, 3.05) is 0 Å². The molecule has 0 bridgehead atoms. The van der Waals surface area contributed by atoms with Gasteiger partial charge < -0.3 is 0 Å². The SMILES string of the molecule is CC(C)(c1ccccc1)c1ncccn1. The van der Waals surface area contributed by atoms with E-state index in [-0.39, 0.29) is 5.41 Å². The zero-order chi connectivity index (χ0) is 10.7. The van der Waals surface area contributed by atoms with Crippen LogP contribution in [0.15, 0.2) is 48.8 Å². The van der Waals surface area contributed by atoms with Gasteiger partial charge in [-0.25, -0.2) is 9.97 Å². The first-order chi connectivity index (χ1) is 7.21. The summed E-state index contributed by atoms with van der Waals surface area (Å²) in [6.45, 7) is 4.27. The van der Waals surface area contributed by atoms with Gasteiger partial charge in [-0.2, -0.15) is 0 Å². The minimum absolute atomic E-state index is 0.136. The second kappa shape index (κ2) is 3.81. The molecule has 0 aliphatic heterocycles. The number of rotatable bonds is 2. The van der Waals surface area contributed by atoms with Crippen LogP contribution in [0.2, 0.25) is 0 Å². The predicted molar refractivity (Wildman–Crippen MR) is 60.6 cm³/mol. The predicted octanol–water partition coefficient (Wildman–Crippen LogP) is 2.80. The van der Waals surface area contributed by atoms with Gasteiger partial charge in [-0.1, -0.05) is 30.3 Å². The van der Waals surface area contributed by atoms with E-state index in [1.54, 1.807) is 12.4 Å². The molecule has 15 heavy (non-hydrogen) atoms. The molecule has 2 heteroatoms. The van der Waals surface area contributed by atoms with Gasteiger partial charge in [0.25, 0.3) is 0 Å². The molecule has 0 amide bonds. The fourth-order valence-electron chi connectivity index (χ4n) is 1.61. The van der Waals surface area contributed by atoms with Gasteiger partial charge in [-0.15, -0.1) is 0 Å². The Morgan fingerprint density at radius 1 is 0.867 bits per heavy atom. The third-order valence-electron chi connectivity index (χ3n) is 2.62. The van der Waals surface area contributed by atoms with E-state index in [1.165, 1.54) is 5.56 Å². The van der Waals surface area contributed by atoms with Crippen molar-refractivity contribution in [3.63, 3.8) is 0 Å². The van der Waals surface area contributed by atoms with Crippen molar-refractivity contribution in [1.29, 1.82) is 0 Å². The van der Waals surface area contributed by atoms with Crippen LogP contribution in [0, 0.1) is 0 Å². The number of benzene rings is 1. The van der Waals surface area contributed by atoms with E-state index in [0.29, 0.717) is 0 Å². The highest BCUT2D eigenvalue weighted by Crippen LogP contribution is 2.27. The first kappa shape index (κ1) is 9.84. The van der Waals surface area contributed by atoms with Crippen LogP contribution in [0.25, 0.3) is 0 Å².